The molecule has 0 bridgehead atoms. The smallest absolute Gasteiger partial charge is 0.124 e. The van der Waals surface area contributed by atoms with Gasteiger partial charge in [0.15, 0.2) is 0 Å². The van der Waals surface area contributed by atoms with E-state index in [0.29, 0.717) is 62.5 Å². The summed E-state index contributed by atoms with van der Waals surface area (Å²) in [6, 6.07) is 13.5. The molecule has 68 heavy (non-hydrogen) atoms. The van der Waals surface area contributed by atoms with Gasteiger partial charge in [-0.1, -0.05) is 51.0 Å². The Labute approximate surface area is 473 Å². The van der Waals surface area contributed by atoms with Gasteiger partial charge in [-0.25, -0.2) is 0 Å². The molecule has 0 fully saturated rings. The minimum Gasteiger partial charge on any atom is -0.507 e. The van der Waals surface area contributed by atoms with E-state index in [1.807, 2.05) is 14.1 Å². The van der Waals surface area contributed by atoms with E-state index in [9.17, 15) is 10.2 Å². The predicted molar refractivity (Wildman–Crippen MR) is 340 cm³/mol. The highest BCUT2D eigenvalue weighted by atomic mass is 32.1. The van der Waals surface area contributed by atoms with Crippen molar-refractivity contribution in [3.05, 3.63) is 104 Å². The number of hydrogen-bond acceptors (Lipinski definition) is 16. The number of nitrogens with zero attached hydrogens (tertiary/aromatic N) is 2. The zero-order valence-corrected chi connectivity index (χ0v) is 50.9. The lowest BCUT2D eigenvalue weighted by Gasteiger charge is -2.31. The number of phenols is 2. The van der Waals surface area contributed by atoms with E-state index in [0.717, 1.165) is 39.9 Å². The van der Waals surface area contributed by atoms with Crippen LogP contribution < -0.4 is 9.80 Å². The molecular weight excluding hydrogens is 1050 g/mol. The maximum absolute atomic E-state index is 10.1. The van der Waals surface area contributed by atoms with Gasteiger partial charge in [0.1, 0.15) is 17.3 Å². The number of benzene rings is 3. The standard InChI is InChI=1S/C26H47NS3.C10H14O2S4.C9H13NS.C7H10OS3/c1-3-5-16-27(17-6-4-2)26-24(14-8-11-19-29)21-23(13-7-10-18-28)22-25(26)15-9-12-20-30;11-9-5(1-13)6(2-14)10(12)8(4-16)7(9)3-15;1-10(2)9-5-3-4-8(6-9)7-11;9-2-5-1-8-7(4-11)6(5)3-10/h21-22,28-30H,3-20H2,1-2H3;11-16H,1-4H2;3-6,11H,7H2,1-2H3;1,9-11H,2-4H2. The first-order chi connectivity index (χ1) is 32.9. The number of thiol groups is 11. The number of unbranched alkanes of at least 4 members (excludes halogenated alkanes) is 5. The lowest BCUT2D eigenvalue weighted by atomic mass is 9.92. The molecule has 0 amide bonds. The van der Waals surface area contributed by atoms with E-state index in [4.69, 9.17) is 4.42 Å². The Kier molecular flexibility index (Phi) is 39.2. The lowest BCUT2D eigenvalue weighted by molar-refractivity contribution is 0.444. The van der Waals surface area contributed by atoms with Crippen LogP contribution in [0.5, 0.6) is 11.5 Å². The van der Waals surface area contributed by atoms with Crippen molar-refractivity contribution in [1.82, 2.24) is 0 Å². The third-order valence-corrected chi connectivity index (χ3v) is 15.0. The van der Waals surface area contributed by atoms with Gasteiger partial charge < -0.3 is 24.4 Å². The van der Waals surface area contributed by atoms with Gasteiger partial charge in [-0.2, -0.15) is 139 Å². The van der Waals surface area contributed by atoms with Crippen LogP contribution in [-0.2, 0) is 65.3 Å². The Morgan fingerprint density at radius 3 is 1.29 bits per heavy atom. The van der Waals surface area contributed by atoms with Crippen molar-refractivity contribution in [2.45, 2.75) is 143 Å². The first-order valence-corrected chi connectivity index (χ1v) is 30.9. The molecule has 3 aromatic carbocycles. The van der Waals surface area contributed by atoms with Crippen molar-refractivity contribution in [3.8, 4) is 11.5 Å². The summed E-state index contributed by atoms with van der Waals surface area (Å²) in [6.07, 6.45) is 17.7. The molecule has 0 saturated heterocycles. The minimum absolute atomic E-state index is 0.149. The Morgan fingerprint density at radius 2 is 0.926 bits per heavy atom. The van der Waals surface area contributed by atoms with Crippen LogP contribution in [0.15, 0.2) is 47.1 Å². The van der Waals surface area contributed by atoms with Gasteiger partial charge in [-0.3, -0.25) is 0 Å². The van der Waals surface area contributed by atoms with Crippen molar-refractivity contribution < 1.29 is 14.6 Å². The zero-order valence-electron chi connectivity index (χ0n) is 41.0. The van der Waals surface area contributed by atoms with E-state index in [1.54, 1.807) is 23.1 Å². The van der Waals surface area contributed by atoms with Gasteiger partial charge in [0.25, 0.3) is 0 Å². The topological polar surface area (TPSA) is 60.1 Å². The van der Waals surface area contributed by atoms with Crippen molar-refractivity contribution in [1.29, 1.82) is 0 Å². The molecule has 4 rings (SSSR count). The monoisotopic (exact) mass is 1140 g/mol. The number of aryl methyl sites for hydroxylation is 3. The van der Waals surface area contributed by atoms with Crippen LogP contribution in [0.1, 0.15) is 139 Å². The molecule has 0 unspecified atom stereocenters. The van der Waals surface area contributed by atoms with Gasteiger partial charge in [-0.15, -0.1) is 0 Å². The van der Waals surface area contributed by atoms with Crippen molar-refractivity contribution in [2.75, 3.05) is 54.2 Å². The highest BCUT2D eigenvalue weighted by Gasteiger charge is 2.21. The molecule has 0 aliphatic carbocycles. The average Bonchev–Trinajstić information content (AvgIpc) is 3.78. The molecule has 1 heterocycles. The summed E-state index contributed by atoms with van der Waals surface area (Å²) in [5, 5.41) is 20.1. The van der Waals surface area contributed by atoms with Gasteiger partial charge in [0.05, 0.1) is 6.26 Å². The maximum atomic E-state index is 10.1. The number of hydrogen-bond donors (Lipinski definition) is 13. The molecule has 0 aliphatic heterocycles. The molecule has 4 aromatic rings. The fourth-order valence-corrected chi connectivity index (χ4v) is 10.7. The molecule has 0 radical (unpaired) electrons. The summed E-state index contributed by atoms with van der Waals surface area (Å²) in [4.78, 5) is 4.82. The van der Waals surface area contributed by atoms with E-state index in [1.165, 1.54) is 113 Å². The Bertz CT molecular complexity index is 1820. The molecular formula is C52H84N2O3S11. The summed E-state index contributed by atoms with van der Waals surface area (Å²) in [6.45, 7) is 7.00. The molecule has 0 atom stereocenters. The molecule has 386 valence electrons. The van der Waals surface area contributed by atoms with Crippen molar-refractivity contribution in [2.24, 2.45) is 0 Å². The molecule has 2 N–H and O–H groups in total. The van der Waals surface area contributed by atoms with Crippen molar-refractivity contribution in [3.63, 3.8) is 0 Å². The minimum atomic E-state index is 0.149. The Balaban J connectivity index is 0.000000504. The van der Waals surface area contributed by atoms with Gasteiger partial charge >= 0.3 is 0 Å². The highest BCUT2D eigenvalue weighted by molar-refractivity contribution is 7.81. The van der Waals surface area contributed by atoms with Crippen LogP contribution in [0.3, 0.4) is 0 Å². The fourth-order valence-electron chi connectivity index (χ4n) is 7.56. The summed E-state index contributed by atoms with van der Waals surface area (Å²) in [5.74, 6) is 8.41. The quantitative estimate of drug-likeness (QED) is 0.0159. The summed E-state index contributed by atoms with van der Waals surface area (Å²) >= 11 is 46.6. The van der Waals surface area contributed by atoms with Crippen LogP contribution in [0, 0.1) is 0 Å². The first-order valence-electron chi connectivity index (χ1n) is 23.9. The first kappa shape index (κ1) is 66.0. The Morgan fingerprint density at radius 1 is 0.471 bits per heavy atom. The predicted octanol–water partition coefficient (Wildman–Crippen LogP) is 15.4. The molecule has 5 nitrogen and oxygen atoms in total. The van der Waals surface area contributed by atoms with Crippen LogP contribution in [-0.4, -0.2) is 54.7 Å². The van der Waals surface area contributed by atoms with E-state index in [-0.39, 0.29) is 11.5 Å². The second-order valence-electron chi connectivity index (χ2n) is 16.6. The summed E-state index contributed by atoms with van der Waals surface area (Å²) in [7, 11) is 4.08. The number of furan rings is 1. The van der Waals surface area contributed by atoms with Gasteiger partial charge in [0.2, 0.25) is 0 Å². The maximum Gasteiger partial charge on any atom is 0.124 e. The molecule has 0 spiro atoms. The van der Waals surface area contributed by atoms with Gasteiger partial charge in [0, 0.05) is 118 Å². The van der Waals surface area contributed by atoms with E-state index >= 15 is 0 Å². The summed E-state index contributed by atoms with van der Waals surface area (Å²) in [5.41, 5.74) is 13.5. The van der Waals surface area contributed by atoms with Crippen LogP contribution >= 0.6 is 139 Å². The normalized spacial score (nSPS) is 10.8. The molecule has 1 aromatic heterocycles. The van der Waals surface area contributed by atoms with Crippen LogP contribution in [0.2, 0.25) is 0 Å². The average molecular weight is 1140 g/mol. The third kappa shape index (κ3) is 23.0. The van der Waals surface area contributed by atoms with E-state index in [2.05, 4.69) is 199 Å². The number of rotatable bonds is 28. The Hall–Kier alpha value is -0.0100. The number of aromatic hydroxyl groups is 2. The number of phenolic OH excluding ortho intramolecular Hbond substituents is 2. The molecule has 0 saturated carbocycles. The summed E-state index contributed by atoms with van der Waals surface area (Å²) < 4.78 is 5.25. The largest absolute Gasteiger partial charge is 0.507 e. The van der Waals surface area contributed by atoms with Crippen LogP contribution in [0.25, 0.3) is 0 Å². The lowest BCUT2D eigenvalue weighted by Crippen LogP contribution is -2.28. The fraction of sp³-hybridized carbons (Fsp3) is 0.577. The number of anilines is 2. The van der Waals surface area contributed by atoms with Crippen molar-refractivity contribution >= 4 is 150 Å². The zero-order chi connectivity index (χ0) is 50.9. The second-order valence-corrected chi connectivity index (χ2v) is 20.5. The third-order valence-electron chi connectivity index (χ3n) is 11.4. The highest BCUT2D eigenvalue weighted by Crippen LogP contribution is 2.41. The molecule has 0 aliphatic rings. The SMILES string of the molecule is CCCCN(CCCC)c1c(CCCCS)cc(CCCCS)cc1CCCCS.CN(C)c1cccc(CS)c1.Oc1c(CS)c(CS)c(O)c(CS)c1CS.SCc1coc(CS)c1CS. The van der Waals surface area contributed by atoms with Crippen LogP contribution in [0.4, 0.5) is 11.4 Å². The molecule has 16 heteroatoms. The van der Waals surface area contributed by atoms with Gasteiger partial charge in [-0.05, 0) is 122 Å². The van der Waals surface area contributed by atoms with E-state index < -0.39 is 0 Å². The second kappa shape index (κ2) is 40.4.